The van der Waals surface area contributed by atoms with Gasteiger partial charge in [0.25, 0.3) is 0 Å². The third-order valence-corrected chi connectivity index (χ3v) is 4.29. The van der Waals surface area contributed by atoms with Crippen LogP contribution < -0.4 is 0 Å². The molecule has 1 N–H and O–H groups in total. The SMILES string of the molecule is CC(C)C1CC(C(=O)O)(c2ccccc2Cl)C1. The maximum atomic E-state index is 11.6. The minimum Gasteiger partial charge on any atom is -0.481 e. The van der Waals surface area contributed by atoms with E-state index in [4.69, 9.17) is 11.6 Å². The molecule has 1 aliphatic rings. The summed E-state index contributed by atoms with van der Waals surface area (Å²) in [6.07, 6.45) is 1.40. The zero-order chi connectivity index (χ0) is 12.6. The predicted octanol–water partition coefficient (Wildman–Crippen LogP) is 3.73. The zero-order valence-electron chi connectivity index (χ0n) is 10.1. The molecule has 1 aromatic carbocycles. The second-order valence-corrected chi connectivity index (χ2v) is 5.69. The maximum absolute atomic E-state index is 11.6. The molecule has 1 aliphatic carbocycles. The van der Waals surface area contributed by atoms with Gasteiger partial charge in [0, 0.05) is 5.02 Å². The largest absolute Gasteiger partial charge is 0.481 e. The summed E-state index contributed by atoms with van der Waals surface area (Å²) >= 11 is 6.13. The van der Waals surface area contributed by atoms with Crippen molar-refractivity contribution in [1.82, 2.24) is 0 Å². The molecule has 2 nitrogen and oxygen atoms in total. The summed E-state index contributed by atoms with van der Waals surface area (Å²) in [5, 5.41) is 10.1. The van der Waals surface area contributed by atoms with Crippen LogP contribution in [0.4, 0.5) is 0 Å². The third kappa shape index (κ3) is 1.95. The Morgan fingerprint density at radius 3 is 2.47 bits per heavy atom. The molecule has 0 aliphatic heterocycles. The fourth-order valence-electron chi connectivity index (χ4n) is 2.67. The normalized spacial score (nSPS) is 27.9. The van der Waals surface area contributed by atoms with Crippen LogP contribution in [0.3, 0.4) is 0 Å². The third-order valence-electron chi connectivity index (χ3n) is 3.96. The highest BCUT2D eigenvalue weighted by molar-refractivity contribution is 6.31. The molecule has 0 atom stereocenters. The van der Waals surface area contributed by atoms with Gasteiger partial charge >= 0.3 is 5.97 Å². The number of carbonyl (C=O) groups is 1. The first-order chi connectivity index (χ1) is 7.97. The number of rotatable bonds is 3. The molecule has 0 unspecified atom stereocenters. The van der Waals surface area contributed by atoms with Gasteiger partial charge < -0.3 is 5.11 Å². The summed E-state index contributed by atoms with van der Waals surface area (Å²) in [6, 6.07) is 7.30. The number of hydrogen-bond donors (Lipinski definition) is 1. The highest BCUT2D eigenvalue weighted by Crippen LogP contribution is 2.52. The van der Waals surface area contributed by atoms with E-state index in [-0.39, 0.29) is 0 Å². The molecule has 0 heterocycles. The molecule has 0 spiro atoms. The van der Waals surface area contributed by atoms with Gasteiger partial charge in [-0.05, 0) is 36.3 Å². The van der Waals surface area contributed by atoms with Gasteiger partial charge in [-0.15, -0.1) is 0 Å². The van der Waals surface area contributed by atoms with Crippen LogP contribution in [0.25, 0.3) is 0 Å². The molecule has 1 aromatic rings. The molecular weight excluding hydrogens is 236 g/mol. The standard InChI is InChI=1S/C14H17ClO2/c1-9(2)10-7-14(8-10,13(16)17)11-5-3-4-6-12(11)15/h3-6,9-10H,7-8H2,1-2H3,(H,16,17). The van der Waals surface area contributed by atoms with Crippen LogP contribution in [0.1, 0.15) is 32.3 Å². The number of aliphatic carboxylic acids is 1. The first-order valence-corrected chi connectivity index (χ1v) is 6.33. The van der Waals surface area contributed by atoms with Gasteiger partial charge in [0.15, 0.2) is 0 Å². The predicted molar refractivity (Wildman–Crippen MR) is 68.3 cm³/mol. The van der Waals surface area contributed by atoms with Crippen molar-refractivity contribution in [2.24, 2.45) is 11.8 Å². The molecule has 0 saturated heterocycles. The quantitative estimate of drug-likeness (QED) is 0.890. The minimum absolute atomic E-state index is 0.488. The maximum Gasteiger partial charge on any atom is 0.314 e. The fourth-order valence-corrected chi connectivity index (χ4v) is 2.98. The number of halogens is 1. The number of carboxylic acid groups (broad SMARTS) is 1. The molecule has 92 valence electrons. The Balaban J connectivity index is 2.33. The fraction of sp³-hybridized carbons (Fsp3) is 0.500. The molecule has 1 saturated carbocycles. The van der Waals surface area contributed by atoms with Crippen LogP contribution in [0.5, 0.6) is 0 Å². The molecule has 0 aromatic heterocycles. The molecule has 3 heteroatoms. The van der Waals surface area contributed by atoms with Gasteiger partial charge in [0.05, 0.1) is 5.41 Å². The van der Waals surface area contributed by atoms with E-state index < -0.39 is 11.4 Å². The lowest BCUT2D eigenvalue weighted by atomic mass is 9.56. The van der Waals surface area contributed by atoms with E-state index in [9.17, 15) is 9.90 Å². The van der Waals surface area contributed by atoms with Crippen molar-refractivity contribution in [3.8, 4) is 0 Å². The lowest BCUT2D eigenvalue weighted by molar-refractivity contribution is -0.150. The van der Waals surface area contributed by atoms with Crippen molar-refractivity contribution in [3.63, 3.8) is 0 Å². The van der Waals surface area contributed by atoms with Gasteiger partial charge in [-0.1, -0.05) is 43.6 Å². The van der Waals surface area contributed by atoms with Gasteiger partial charge in [-0.3, -0.25) is 4.79 Å². The lowest BCUT2D eigenvalue weighted by Crippen LogP contribution is -2.49. The van der Waals surface area contributed by atoms with Crippen LogP contribution in [-0.4, -0.2) is 11.1 Å². The van der Waals surface area contributed by atoms with E-state index in [1.165, 1.54) is 0 Å². The minimum atomic E-state index is -0.757. The van der Waals surface area contributed by atoms with E-state index in [2.05, 4.69) is 13.8 Å². The number of benzene rings is 1. The van der Waals surface area contributed by atoms with Crippen molar-refractivity contribution in [1.29, 1.82) is 0 Å². The number of hydrogen-bond acceptors (Lipinski definition) is 1. The Labute approximate surface area is 107 Å². The van der Waals surface area contributed by atoms with E-state index in [1.54, 1.807) is 6.07 Å². The average Bonchev–Trinajstić information content (AvgIpc) is 2.17. The molecule has 0 radical (unpaired) electrons. The Morgan fingerprint density at radius 1 is 1.41 bits per heavy atom. The van der Waals surface area contributed by atoms with Crippen LogP contribution in [0, 0.1) is 11.8 Å². The van der Waals surface area contributed by atoms with Crippen molar-refractivity contribution in [2.45, 2.75) is 32.1 Å². The zero-order valence-corrected chi connectivity index (χ0v) is 10.9. The first-order valence-electron chi connectivity index (χ1n) is 5.96. The highest BCUT2D eigenvalue weighted by Gasteiger charge is 2.53. The van der Waals surface area contributed by atoms with E-state index in [1.807, 2.05) is 18.2 Å². The van der Waals surface area contributed by atoms with Crippen LogP contribution in [0.15, 0.2) is 24.3 Å². The molecular formula is C14H17ClO2. The van der Waals surface area contributed by atoms with Crippen LogP contribution >= 0.6 is 11.6 Å². The summed E-state index contributed by atoms with van der Waals surface area (Å²) in [5.41, 5.74) is 0.0128. The van der Waals surface area contributed by atoms with E-state index in [0.29, 0.717) is 29.7 Å². The Morgan fingerprint density at radius 2 is 2.00 bits per heavy atom. The molecule has 2 rings (SSSR count). The monoisotopic (exact) mass is 252 g/mol. The summed E-state index contributed by atoms with van der Waals surface area (Å²) in [6.45, 7) is 4.28. The first kappa shape index (κ1) is 12.4. The van der Waals surface area contributed by atoms with Crippen molar-refractivity contribution >= 4 is 17.6 Å². The van der Waals surface area contributed by atoms with Gasteiger partial charge in [-0.25, -0.2) is 0 Å². The average molecular weight is 253 g/mol. The van der Waals surface area contributed by atoms with Gasteiger partial charge in [0.2, 0.25) is 0 Å². The Bertz CT molecular complexity index is 434. The second-order valence-electron chi connectivity index (χ2n) is 5.28. The van der Waals surface area contributed by atoms with Crippen LogP contribution in [0.2, 0.25) is 5.02 Å². The molecule has 1 fully saturated rings. The molecule has 0 bridgehead atoms. The summed E-state index contributed by atoms with van der Waals surface area (Å²) in [7, 11) is 0. The topological polar surface area (TPSA) is 37.3 Å². The highest BCUT2D eigenvalue weighted by atomic mass is 35.5. The van der Waals surface area contributed by atoms with Crippen LogP contribution in [-0.2, 0) is 10.2 Å². The molecule has 0 amide bonds. The van der Waals surface area contributed by atoms with Gasteiger partial charge in [0.1, 0.15) is 0 Å². The molecule has 17 heavy (non-hydrogen) atoms. The van der Waals surface area contributed by atoms with Crippen molar-refractivity contribution < 1.29 is 9.90 Å². The van der Waals surface area contributed by atoms with E-state index >= 15 is 0 Å². The summed E-state index contributed by atoms with van der Waals surface area (Å²) < 4.78 is 0. The second kappa shape index (κ2) is 4.34. The van der Waals surface area contributed by atoms with Crippen molar-refractivity contribution in [2.75, 3.05) is 0 Å². The summed E-state index contributed by atoms with van der Waals surface area (Å²) in [5.74, 6) is 0.273. The Hall–Kier alpha value is -1.02. The van der Waals surface area contributed by atoms with Gasteiger partial charge in [-0.2, -0.15) is 0 Å². The van der Waals surface area contributed by atoms with E-state index in [0.717, 1.165) is 5.56 Å². The smallest absolute Gasteiger partial charge is 0.314 e. The number of carboxylic acids is 1. The lowest BCUT2D eigenvalue weighted by Gasteiger charge is -2.47. The Kier molecular flexibility index (Phi) is 3.17. The van der Waals surface area contributed by atoms with Crippen molar-refractivity contribution in [3.05, 3.63) is 34.9 Å². The summed E-state index contributed by atoms with van der Waals surface area (Å²) in [4.78, 5) is 11.6.